The molecule has 60 heavy (non-hydrogen) atoms. The number of rotatable bonds is 4. The predicted octanol–water partition coefficient (Wildman–Crippen LogP) is 16.1. The van der Waals surface area contributed by atoms with Gasteiger partial charge in [0.1, 0.15) is 11.3 Å². The number of hydrogen-bond acceptors (Lipinski definition) is 1. The number of furan rings is 1. The van der Waals surface area contributed by atoms with Crippen LogP contribution in [0, 0.1) is 0 Å². The molecule has 0 fully saturated rings. The van der Waals surface area contributed by atoms with Gasteiger partial charge in [-0.3, -0.25) is 0 Å². The summed E-state index contributed by atoms with van der Waals surface area (Å²) in [5, 5.41) is 13.6. The molecule has 0 saturated heterocycles. The molecular formula is C58H37NO. The molecule has 0 amide bonds. The smallest absolute Gasteiger partial charge is 0.142 e. The lowest BCUT2D eigenvalue weighted by Crippen LogP contribution is -1.97. The molecule has 280 valence electrons. The Kier molecular flexibility index (Phi) is 7.17. The second kappa shape index (κ2) is 12.9. The van der Waals surface area contributed by atoms with Gasteiger partial charge in [0.2, 0.25) is 0 Å². The van der Waals surface area contributed by atoms with Crippen molar-refractivity contribution in [2.45, 2.75) is 12.8 Å². The Bertz CT molecular complexity index is 3770. The van der Waals surface area contributed by atoms with Crippen LogP contribution in [0.2, 0.25) is 0 Å². The van der Waals surface area contributed by atoms with Crippen LogP contribution in [0.5, 0.6) is 0 Å². The Morgan fingerprint density at radius 1 is 0.400 bits per heavy atom. The van der Waals surface area contributed by atoms with Crippen LogP contribution in [0.3, 0.4) is 0 Å². The molecule has 12 aromatic rings. The van der Waals surface area contributed by atoms with Gasteiger partial charge in [0.05, 0.1) is 11.0 Å². The third kappa shape index (κ3) is 4.82. The van der Waals surface area contributed by atoms with Gasteiger partial charge >= 0.3 is 0 Å². The average Bonchev–Trinajstić information content (AvgIpc) is 3.86. The lowest BCUT2D eigenvalue weighted by Gasteiger charge is -2.21. The van der Waals surface area contributed by atoms with E-state index in [0.29, 0.717) is 0 Å². The molecule has 0 N–H and O–H groups in total. The Morgan fingerprint density at radius 3 is 1.72 bits per heavy atom. The van der Waals surface area contributed by atoms with E-state index in [9.17, 15) is 0 Å². The van der Waals surface area contributed by atoms with Gasteiger partial charge in [-0.05, 0) is 108 Å². The lowest BCUT2D eigenvalue weighted by molar-refractivity contribution is 0.547. The van der Waals surface area contributed by atoms with Gasteiger partial charge in [0.15, 0.2) is 0 Å². The molecule has 0 atom stereocenters. The van der Waals surface area contributed by atoms with Crippen molar-refractivity contribution in [1.82, 2.24) is 4.57 Å². The van der Waals surface area contributed by atoms with Crippen molar-refractivity contribution in [1.29, 1.82) is 0 Å². The summed E-state index contributed by atoms with van der Waals surface area (Å²) in [4.78, 5) is 0. The summed E-state index contributed by atoms with van der Waals surface area (Å²) in [5.74, 6) is 1.09. The van der Waals surface area contributed by atoms with Crippen LogP contribution in [0.15, 0.2) is 199 Å². The van der Waals surface area contributed by atoms with Gasteiger partial charge in [-0.25, -0.2) is 0 Å². The van der Waals surface area contributed by atoms with Gasteiger partial charge in [0, 0.05) is 39.4 Å². The van der Waals surface area contributed by atoms with Gasteiger partial charge in [-0.1, -0.05) is 170 Å². The zero-order chi connectivity index (χ0) is 39.3. The van der Waals surface area contributed by atoms with E-state index in [1.807, 2.05) is 0 Å². The van der Waals surface area contributed by atoms with E-state index in [1.54, 1.807) is 0 Å². The van der Waals surface area contributed by atoms with E-state index in [0.717, 1.165) is 41.0 Å². The summed E-state index contributed by atoms with van der Waals surface area (Å²) >= 11 is 0. The number of aryl methyl sites for hydroxylation is 1. The van der Waals surface area contributed by atoms with Crippen molar-refractivity contribution in [3.8, 4) is 39.1 Å². The highest BCUT2D eigenvalue weighted by molar-refractivity contribution is 6.25. The van der Waals surface area contributed by atoms with Crippen LogP contribution < -0.4 is 0 Å². The lowest BCUT2D eigenvalue weighted by atomic mass is 9.83. The van der Waals surface area contributed by atoms with Gasteiger partial charge in [-0.15, -0.1) is 0 Å². The number of para-hydroxylation sites is 2. The summed E-state index contributed by atoms with van der Waals surface area (Å²) in [6.45, 7) is 0. The summed E-state index contributed by atoms with van der Waals surface area (Å²) < 4.78 is 9.07. The minimum atomic E-state index is 0.944. The van der Waals surface area contributed by atoms with Gasteiger partial charge < -0.3 is 8.98 Å². The van der Waals surface area contributed by atoms with E-state index in [1.165, 1.54) is 98.1 Å². The number of allylic oxidation sites excluding steroid dienone is 1. The minimum Gasteiger partial charge on any atom is -0.460 e. The Labute approximate surface area is 346 Å². The molecule has 1 aliphatic carbocycles. The van der Waals surface area contributed by atoms with Crippen molar-refractivity contribution in [2.24, 2.45) is 0 Å². The zero-order valence-corrected chi connectivity index (χ0v) is 32.8. The summed E-state index contributed by atoms with van der Waals surface area (Å²) in [6.07, 6.45) is 6.45. The Hall–Kier alpha value is -7.68. The van der Waals surface area contributed by atoms with Gasteiger partial charge in [-0.2, -0.15) is 0 Å². The first kappa shape index (κ1) is 33.3. The molecule has 0 radical (unpaired) electrons. The first-order chi connectivity index (χ1) is 29.8. The summed E-state index contributed by atoms with van der Waals surface area (Å²) in [6, 6.07) is 69.6. The van der Waals surface area contributed by atoms with E-state index in [-0.39, 0.29) is 0 Å². The molecule has 2 heterocycles. The normalized spacial score (nSPS) is 12.8. The summed E-state index contributed by atoms with van der Waals surface area (Å²) in [5.41, 5.74) is 13.0. The largest absolute Gasteiger partial charge is 0.460 e. The monoisotopic (exact) mass is 763 g/mol. The molecule has 0 spiro atoms. The van der Waals surface area contributed by atoms with Gasteiger partial charge in [0.25, 0.3) is 0 Å². The second-order valence-corrected chi connectivity index (χ2v) is 16.2. The SMILES string of the molecule is C1=Cc2c(oc3c(-c4ccc5c(c4)c4ccccc4n5-c4ccc5c(-c6cccc7ccccc67)c6ccccc6c(-c6cccc7ccccc67)c5c4)cccc23)CC1. The second-order valence-electron chi connectivity index (χ2n) is 16.2. The van der Waals surface area contributed by atoms with Crippen LogP contribution >= 0.6 is 0 Å². The average molecular weight is 764 g/mol. The van der Waals surface area contributed by atoms with Crippen molar-refractivity contribution in [3.05, 3.63) is 205 Å². The van der Waals surface area contributed by atoms with Crippen molar-refractivity contribution in [3.63, 3.8) is 0 Å². The molecule has 2 nitrogen and oxygen atoms in total. The maximum Gasteiger partial charge on any atom is 0.142 e. The highest BCUT2D eigenvalue weighted by atomic mass is 16.3. The summed E-state index contributed by atoms with van der Waals surface area (Å²) in [7, 11) is 0. The zero-order valence-electron chi connectivity index (χ0n) is 32.8. The molecule has 0 unspecified atom stereocenters. The van der Waals surface area contributed by atoms with E-state index < -0.39 is 0 Å². The first-order valence-corrected chi connectivity index (χ1v) is 21.0. The number of benzene rings is 10. The van der Waals surface area contributed by atoms with Crippen LogP contribution in [0.25, 0.3) is 121 Å². The molecular weight excluding hydrogens is 727 g/mol. The fourth-order valence-electron chi connectivity index (χ4n) is 10.4. The van der Waals surface area contributed by atoms with Crippen molar-refractivity contribution < 1.29 is 4.42 Å². The highest BCUT2D eigenvalue weighted by Gasteiger charge is 2.22. The van der Waals surface area contributed by atoms with Crippen LogP contribution in [0.1, 0.15) is 17.7 Å². The topological polar surface area (TPSA) is 18.1 Å². The number of aromatic nitrogens is 1. The van der Waals surface area contributed by atoms with Crippen LogP contribution in [-0.4, -0.2) is 4.57 Å². The first-order valence-electron chi connectivity index (χ1n) is 21.0. The molecule has 0 saturated carbocycles. The molecule has 0 bridgehead atoms. The van der Waals surface area contributed by atoms with Crippen LogP contribution in [-0.2, 0) is 6.42 Å². The van der Waals surface area contributed by atoms with E-state index >= 15 is 0 Å². The van der Waals surface area contributed by atoms with Crippen molar-refractivity contribution >= 4 is 81.9 Å². The highest BCUT2D eigenvalue weighted by Crippen LogP contribution is 2.48. The third-order valence-corrected chi connectivity index (χ3v) is 13.0. The third-order valence-electron chi connectivity index (χ3n) is 13.0. The fourth-order valence-corrected chi connectivity index (χ4v) is 10.4. The van der Waals surface area contributed by atoms with Crippen molar-refractivity contribution in [2.75, 3.05) is 0 Å². The molecule has 2 heteroatoms. The standard InChI is InChI=1S/C58H37NO/c1-3-18-40-36(14-1)16-11-25-45(40)56-47-22-5-6-23-48(47)57(46-26-12-17-37-15-2-4-19-41(37)46)52-35-39(31-32-49(52)56)59-53-28-9-7-20-43(53)51-34-38(30-33-54(51)59)42-24-13-27-50-44-21-8-10-29-55(44)60-58(42)50/h1-9,11-28,30-35H,10,29H2. The predicted molar refractivity (Wildman–Crippen MR) is 254 cm³/mol. The quantitative estimate of drug-likeness (QED) is 0.163. The Morgan fingerprint density at radius 2 is 0.967 bits per heavy atom. The van der Waals surface area contributed by atoms with E-state index in [2.05, 4.69) is 205 Å². The number of nitrogens with zero attached hydrogens (tertiary/aromatic N) is 1. The number of hydrogen-bond donors (Lipinski definition) is 0. The molecule has 10 aromatic carbocycles. The minimum absolute atomic E-state index is 0.944. The molecule has 0 aliphatic heterocycles. The fraction of sp³-hybridized carbons (Fsp3) is 0.0345. The molecule has 1 aliphatic rings. The van der Waals surface area contributed by atoms with Crippen LogP contribution in [0.4, 0.5) is 0 Å². The molecule has 13 rings (SSSR count). The molecule has 2 aromatic heterocycles. The number of fused-ring (bicyclic) bond motifs is 10. The maximum absolute atomic E-state index is 6.60. The maximum atomic E-state index is 6.60. The van der Waals surface area contributed by atoms with E-state index in [4.69, 9.17) is 4.42 Å². The Balaban J connectivity index is 1.11.